The average molecular weight is 725 g/mol. The van der Waals surface area contributed by atoms with Crippen LogP contribution in [0.25, 0.3) is 30.5 Å². The van der Waals surface area contributed by atoms with Gasteiger partial charge in [-0.25, -0.2) is 14.8 Å². The largest absolute Gasteiger partial charge is 0.453 e. The van der Waals surface area contributed by atoms with Crippen LogP contribution in [-0.4, -0.2) is 97.5 Å². The van der Waals surface area contributed by atoms with Crippen molar-refractivity contribution in [3.05, 3.63) is 36.2 Å². The molecule has 2 aliphatic heterocycles. The summed E-state index contributed by atoms with van der Waals surface area (Å²) in [6, 6.07) is 2.43. The van der Waals surface area contributed by atoms with Crippen molar-refractivity contribution in [3.8, 4) is 21.1 Å². The number of amides is 4. The van der Waals surface area contributed by atoms with Gasteiger partial charge in [0.2, 0.25) is 17.7 Å². The van der Waals surface area contributed by atoms with Gasteiger partial charge in [0.05, 0.1) is 52.7 Å². The third-order valence-electron chi connectivity index (χ3n) is 9.42. The predicted octanol–water partition coefficient (Wildman–Crippen LogP) is 4.58. The summed E-state index contributed by atoms with van der Waals surface area (Å²) in [5.74, 6) is 0.315. The number of ether oxygens (including phenoxy) is 1. The van der Waals surface area contributed by atoms with Crippen LogP contribution in [0, 0.1) is 11.8 Å². The molecular weight excluding hydrogens is 681 g/mol. The van der Waals surface area contributed by atoms with E-state index < -0.39 is 30.7 Å². The molecule has 0 spiro atoms. The van der Waals surface area contributed by atoms with Crippen molar-refractivity contribution in [2.75, 3.05) is 26.8 Å². The van der Waals surface area contributed by atoms with Gasteiger partial charge in [0.25, 0.3) is 0 Å². The highest BCUT2D eigenvalue weighted by atomic mass is 32.1. The van der Waals surface area contributed by atoms with Crippen molar-refractivity contribution in [2.24, 2.45) is 11.8 Å². The van der Waals surface area contributed by atoms with Crippen LogP contribution < -0.4 is 10.6 Å². The summed E-state index contributed by atoms with van der Waals surface area (Å²) in [4.78, 5) is 72.8. The quantitative estimate of drug-likeness (QED) is 0.149. The lowest BCUT2D eigenvalue weighted by atomic mass is 10.0. The molecular formula is C34H44N8O6S2. The Bertz CT molecular complexity index is 1700. The van der Waals surface area contributed by atoms with Gasteiger partial charge in [-0.05, 0) is 49.7 Å². The topological polar surface area (TPSA) is 186 Å². The van der Waals surface area contributed by atoms with Crippen molar-refractivity contribution in [2.45, 2.75) is 77.5 Å². The number of imidazole rings is 2. The number of carbonyl (C=O) groups excluding carboxylic acids is 4. The molecule has 4 aromatic rings. The lowest BCUT2D eigenvalue weighted by molar-refractivity contribution is -0.139. The SMILES string of the molecule is COC(=O)N[C@H](C(=O)N1CCCC1c1ncc(-c2cc3sc(-c4cnc([C@@H]5CCCN5C(=O)[C@@H](NC(=O)CO)C(C)C)[nH]4)cc3s2)[nH]1)C(C)C. The molecule has 4 amide bonds. The first-order valence-corrected chi connectivity index (χ1v) is 18.6. The van der Waals surface area contributed by atoms with Crippen LogP contribution in [-0.2, 0) is 19.1 Å². The summed E-state index contributed by atoms with van der Waals surface area (Å²) in [7, 11) is 1.29. The summed E-state index contributed by atoms with van der Waals surface area (Å²) in [6.07, 6.45) is 6.22. The van der Waals surface area contributed by atoms with E-state index in [0.29, 0.717) is 18.9 Å². The van der Waals surface area contributed by atoms with Gasteiger partial charge in [0.15, 0.2) is 0 Å². The Morgan fingerprint density at radius 3 is 1.72 bits per heavy atom. The highest BCUT2D eigenvalue weighted by Gasteiger charge is 2.39. The second-order valence-electron chi connectivity index (χ2n) is 13.5. The zero-order valence-corrected chi connectivity index (χ0v) is 30.5. The molecule has 2 saturated heterocycles. The summed E-state index contributed by atoms with van der Waals surface area (Å²) in [5, 5.41) is 14.6. The molecule has 6 rings (SSSR count). The lowest BCUT2D eigenvalue weighted by Gasteiger charge is -2.30. The fraction of sp³-hybridized carbons (Fsp3) is 0.529. The molecule has 50 heavy (non-hydrogen) atoms. The molecule has 6 heterocycles. The van der Waals surface area contributed by atoms with E-state index in [1.807, 2.05) is 33.9 Å². The highest BCUT2D eigenvalue weighted by Crippen LogP contribution is 2.42. The Balaban J connectivity index is 1.15. The Hall–Kier alpha value is -4.28. The molecule has 0 aliphatic carbocycles. The Labute approximate surface area is 298 Å². The number of aromatic nitrogens is 4. The third-order valence-corrected chi connectivity index (χ3v) is 11.8. The molecule has 14 nitrogen and oxygen atoms in total. The van der Waals surface area contributed by atoms with Crippen molar-refractivity contribution >= 4 is 55.9 Å². The lowest BCUT2D eigenvalue weighted by Crippen LogP contribution is -2.51. The standard InChI is InChI=1S/C34H44N8O6S2/c1-17(2)28(39-27(44)16-43)32(45)41-10-6-8-21(41)30-35-14-19(37-30)23-12-25-26(49-23)13-24(50-25)20-15-36-31(38-20)22-9-7-11-42(22)33(46)29(18(3)4)40-34(47)48-5/h12-15,17-18,21-22,28-29,43H,6-11,16H2,1-5H3,(H,35,37)(H,36,38)(H,39,44)(H,40,47)/t21-,22?,28-,29-/m0/s1. The number of nitrogens with one attached hydrogen (secondary N) is 4. The monoisotopic (exact) mass is 724 g/mol. The maximum Gasteiger partial charge on any atom is 0.407 e. The molecule has 16 heteroatoms. The number of thiophene rings is 2. The van der Waals surface area contributed by atoms with E-state index in [4.69, 9.17) is 4.74 Å². The third kappa shape index (κ3) is 7.14. The Morgan fingerprint density at radius 2 is 1.30 bits per heavy atom. The van der Waals surface area contributed by atoms with Crippen molar-refractivity contribution in [3.63, 3.8) is 0 Å². The van der Waals surface area contributed by atoms with Crippen molar-refractivity contribution in [1.29, 1.82) is 0 Å². The van der Waals surface area contributed by atoms with Crippen LogP contribution >= 0.6 is 22.7 Å². The molecule has 0 bridgehead atoms. The van der Waals surface area contributed by atoms with Gasteiger partial charge in [-0.1, -0.05) is 27.7 Å². The fourth-order valence-electron chi connectivity index (χ4n) is 6.78. The molecule has 2 fully saturated rings. The molecule has 5 N–H and O–H groups in total. The molecule has 2 aliphatic rings. The van der Waals surface area contributed by atoms with Crippen LogP contribution in [0.5, 0.6) is 0 Å². The number of aliphatic hydroxyl groups excluding tert-OH is 1. The smallest absolute Gasteiger partial charge is 0.407 e. The van der Waals surface area contributed by atoms with E-state index in [1.54, 1.807) is 38.7 Å². The van der Waals surface area contributed by atoms with Gasteiger partial charge in [-0.3, -0.25) is 14.4 Å². The van der Waals surface area contributed by atoms with E-state index in [0.717, 1.165) is 62.0 Å². The first-order valence-electron chi connectivity index (χ1n) is 17.0. The first kappa shape index (κ1) is 35.5. The van der Waals surface area contributed by atoms with Crippen LogP contribution in [0.3, 0.4) is 0 Å². The normalized spacial score (nSPS) is 19.0. The number of hydrogen-bond acceptors (Lipinski definition) is 10. The van der Waals surface area contributed by atoms with Gasteiger partial charge in [-0.2, -0.15) is 0 Å². The number of H-pyrrole nitrogens is 2. The van der Waals surface area contributed by atoms with E-state index in [-0.39, 0.29) is 35.7 Å². The number of likely N-dealkylation sites (tertiary alicyclic amines) is 2. The highest BCUT2D eigenvalue weighted by molar-refractivity contribution is 7.31. The summed E-state index contributed by atoms with van der Waals surface area (Å²) < 4.78 is 6.99. The fourth-order valence-corrected chi connectivity index (χ4v) is 9.11. The molecule has 4 aromatic heterocycles. The van der Waals surface area contributed by atoms with Gasteiger partial charge in [0.1, 0.15) is 30.3 Å². The predicted molar refractivity (Wildman–Crippen MR) is 190 cm³/mol. The minimum Gasteiger partial charge on any atom is -0.453 e. The second kappa shape index (κ2) is 14.9. The van der Waals surface area contributed by atoms with Crippen molar-refractivity contribution < 1.29 is 29.0 Å². The van der Waals surface area contributed by atoms with E-state index in [9.17, 15) is 24.3 Å². The molecule has 0 aromatic carbocycles. The maximum absolute atomic E-state index is 13.5. The zero-order chi connectivity index (χ0) is 35.7. The van der Waals surface area contributed by atoms with Gasteiger partial charge in [0, 0.05) is 22.5 Å². The van der Waals surface area contributed by atoms with Gasteiger partial charge >= 0.3 is 6.09 Å². The minimum absolute atomic E-state index is 0.107. The Morgan fingerprint density at radius 1 is 0.840 bits per heavy atom. The summed E-state index contributed by atoms with van der Waals surface area (Å²) in [6.45, 7) is 8.04. The van der Waals surface area contributed by atoms with Crippen LogP contribution in [0.4, 0.5) is 4.79 Å². The van der Waals surface area contributed by atoms with Crippen LogP contribution in [0.2, 0.25) is 0 Å². The van der Waals surface area contributed by atoms with Gasteiger partial charge < -0.3 is 40.2 Å². The average Bonchev–Trinajstić information content (AvgIpc) is 3.93. The number of alkyl carbamates (subject to hydrolysis) is 1. The number of carbonyl (C=O) groups is 4. The number of aliphatic hydroxyl groups is 1. The molecule has 1 unspecified atom stereocenters. The Kier molecular flexibility index (Phi) is 10.6. The molecule has 4 atom stereocenters. The molecule has 268 valence electrons. The maximum atomic E-state index is 13.5. The molecule has 0 saturated carbocycles. The number of rotatable bonds is 11. The van der Waals surface area contributed by atoms with Gasteiger partial charge in [-0.15, -0.1) is 22.7 Å². The van der Waals surface area contributed by atoms with Crippen LogP contribution in [0.1, 0.15) is 77.1 Å². The van der Waals surface area contributed by atoms with Crippen LogP contribution in [0.15, 0.2) is 24.5 Å². The van der Waals surface area contributed by atoms with E-state index >= 15 is 0 Å². The summed E-state index contributed by atoms with van der Waals surface area (Å²) in [5.41, 5.74) is 1.76. The number of hydrogen-bond donors (Lipinski definition) is 5. The second-order valence-corrected chi connectivity index (χ2v) is 15.7. The molecule has 0 radical (unpaired) electrons. The van der Waals surface area contributed by atoms with E-state index in [2.05, 4.69) is 42.7 Å². The van der Waals surface area contributed by atoms with Crippen molar-refractivity contribution in [1.82, 2.24) is 40.4 Å². The number of aromatic amines is 2. The number of nitrogens with zero attached hydrogens (tertiary/aromatic N) is 4. The summed E-state index contributed by atoms with van der Waals surface area (Å²) >= 11 is 3.31. The minimum atomic E-state index is -0.721. The number of fused-ring (bicyclic) bond motifs is 1. The first-order chi connectivity index (χ1) is 24.0. The zero-order valence-electron chi connectivity index (χ0n) is 28.8. The van der Waals surface area contributed by atoms with E-state index in [1.165, 1.54) is 7.11 Å². The number of methoxy groups -OCH3 is 1.